The van der Waals surface area contributed by atoms with Gasteiger partial charge in [0.1, 0.15) is 0 Å². The minimum absolute atomic E-state index is 0.00458. The number of hydrogen-bond acceptors (Lipinski definition) is 4. The van der Waals surface area contributed by atoms with Gasteiger partial charge in [0.05, 0.1) is 11.7 Å². The Hall–Kier alpha value is -1.66. The maximum Gasteiger partial charge on any atom is 0.333 e. The highest BCUT2D eigenvalue weighted by Crippen LogP contribution is 2.02. The van der Waals surface area contributed by atoms with Crippen molar-refractivity contribution in [3.63, 3.8) is 0 Å². The van der Waals surface area contributed by atoms with Crippen LogP contribution in [-0.2, 0) is 9.59 Å². The fourth-order valence-electron chi connectivity index (χ4n) is 0.757. The Morgan fingerprint density at radius 3 is 2.00 bits per heavy atom. The number of aliphatic carboxylic acids is 2. The monoisotopic (exact) mass is 260 g/mol. The van der Waals surface area contributed by atoms with Gasteiger partial charge in [0.25, 0.3) is 0 Å². The molecule has 0 aliphatic heterocycles. The molecule has 6 heteroatoms. The van der Waals surface area contributed by atoms with Crippen LogP contribution in [0.4, 0.5) is 0 Å². The second-order valence-electron chi connectivity index (χ2n) is 3.46. The molecule has 4 N–H and O–H groups in total. The van der Waals surface area contributed by atoms with Crippen molar-refractivity contribution in [2.24, 2.45) is 0 Å². The molecule has 0 amide bonds. The van der Waals surface area contributed by atoms with Gasteiger partial charge in [0, 0.05) is 12.2 Å². The zero-order valence-electron chi connectivity index (χ0n) is 10.6. The van der Waals surface area contributed by atoms with Crippen LogP contribution in [0.5, 0.6) is 0 Å². The van der Waals surface area contributed by atoms with Crippen LogP contribution in [-0.4, -0.2) is 45.1 Å². The lowest BCUT2D eigenvalue weighted by Gasteiger charge is -2.04. The van der Waals surface area contributed by atoms with Crippen LogP contribution in [0, 0.1) is 0 Å². The number of hydrogen-bond donors (Lipinski definition) is 4. The number of carbonyl (C=O) groups is 2. The lowest BCUT2D eigenvalue weighted by Crippen LogP contribution is -2.15. The first kappa shape index (κ1) is 18.7. The molecule has 0 aromatic heterocycles. The third kappa shape index (κ3) is 9.56. The van der Waals surface area contributed by atoms with E-state index in [4.69, 9.17) is 20.4 Å². The average molecular weight is 260 g/mol. The Balaban J connectivity index is 0. The number of aliphatic hydroxyl groups is 2. The fraction of sp³-hybridized carbons (Fsp3) is 0.500. The Morgan fingerprint density at radius 2 is 1.78 bits per heavy atom. The van der Waals surface area contributed by atoms with Crippen LogP contribution >= 0.6 is 0 Å². The Bertz CT molecular complexity index is 319. The summed E-state index contributed by atoms with van der Waals surface area (Å²) in [5.41, 5.74) is 0.140. The van der Waals surface area contributed by atoms with E-state index in [0.717, 1.165) is 0 Å². The van der Waals surface area contributed by atoms with E-state index in [1.807, 2.05) is 0 Å². The standard InChI is InChI=1S/2C6H10O3/c1-5(6(8)9)3-2-4-7;1-3-5(7)4(2)6(8)9/h3,7H,2,4H2,1H3,(H,8,9);5,7H,2-3H2,1H3,(H,8,9)/b5-3+;. The Kier molecular flexibility index (Phi) is 10.9. The molecule has 0 aliphatic carbocycles. The zero-order chi connectivity index (χ0) is 14.7. The summed E-state index contributed by atoms with van der Waals surface area (Å²) in [6, 6.07) is 0. The van der Waals surface area contributed by atoms with Gasteiger partial charge in [0.15, 0.2) is 0 Å². The summed E-state index contributed by atoms with van der Waals surface area (Å²) in [6.07, 6.45) is 1.40. The topological polar surface area (TPSA) is 115 Å². The molecule has 0 saturated carbocycles. The largest absolute Gasteiger partial charge is 0.478 e. The molecule has 1 atom stereocenters. The molecule has 6 nitrogen and oxygen atoms in total. The molecule has 0 bridgehead atoms. The SMILES string of the molecule is C/C(=C\CCO)C(=O)O.C=C(C(=O)O)C(O)CC. The second kappa shape index (κ2) is 10.5. The predicted molar refractivity (Wildman–Crippen MR) is 66.2 cm³/mol. The number of rotatable bonds is 6. The summed E-state index contributed by atoms with van der Waals surface area (Å²) in [6.45, 7) is 6.37. The molecule has 0 rings (SSSR count). The van der Waals surface area contributed by atoms with Gasteiger partial charge in [0.2, 0.25) is 0 Å². The summed E-state index contributed by atoms with van der Waals surface area (Å²) in [7, 11) is 0. The van der Waals surface area contributed by atoms with E-state index < -0.39 is 18.0 Å². The Labute approximate surface area is 106 Å². The van der Waals surface area contributed by atoms with E-state index in [1.54, 1.807) is 6.92 Å². The highest BCUT2D eigenvalue weighted by atomic mass is 16.4. The normalized spacial score (nSPS) is 12.1. The van der Waals surface area contributed by atoms with Gasteiger partial charge < -0.3 is 20.4 Å². The molecule has 0 aromatic rings. The van der Waals surface area contributed by atoms with Crippen LogP contribution in [0.2, 0.25) is 0 Å². The van der Waals surface area contributed by atoms with Crippen LogP contribution < -0.4 is 0 Å². The molecule has 1 unspecified atom stereocenters. The first-order valence-electron chi connectivity index (χ1n) is 5.38. The van der Waals surface area contributed by atoms with Crippen molar-refractivity contribution in [1.29, 1.82) is 0 Å². The first-order valence-corrected chi connectivity index (χ1v) is 5.38. The van der Waals surface area contributed by atoms with Crippen molar-refractivity contribution in [3.8, 4) is 0 Å². The zero-order valence-corrected chi connectivity index (χ0v) is 10.6. The molecule has 0 aliphatic rings. The molecular formula is C12H20O6. The molecule has 0 fully saturated rings. The van der Waals surface area contributed by atoms with Crippen molar-refractivity contribution in [2.75, 3.05) is 6.61 Å². The minimum Gasteiger partial charge on any atom is -0.478 e. The predicted octanol–water partition coefficient (Wildman–Crippen LogP) is 0.798. The highest BCUT2D eigenvalue weighted by molar-refractivity contribution is 5.86. The maximum atomic E-state index is 10.1. The molecule has 0 heterocycles. The molecule has 0 radical (unpaired) electrons. The van der Waals surface area contributed by atoms with Crippen LogP contribution in [0.15, 0.2) is 23.8 Å². The summed E-state index contributed by atoms with van der Waals surface area (Å²) >= 11 is 0. The molecular weight excluding hydrogens is 240 g/mol. The van der Waals surface area contributed by atoms with Gasteiger partial charge >= 0.3 is 11.9 Å². The van der Waals surface area contributed by atoms with Gasteiger partial charge in [-0.15, -0.1) is 0 Å². The van der Waals surface area contributed by atoms with Crippen LogP contribution in [0.25, 0.3) is 0 Å². The fourth-order valence-corrected chi connectivity index (χ4v) is 0.757. The average Bonchev–Trinajstić information content (AvgIpc) is 2.34. The van der Waals surface area contributed by atoms with Gasteiger partial charge in [-0.05, 0) is 19.8 Å². The minimum atomic E-state index is -1.13. The van der Waals surface area contributed by atoms with E-state index in [1.165, 1.54) is 13.0 Å². The van der Waals surface area contributed by atoms with E-state index in [0.29, 0.717) is 12.8 Å². The summed E-state index contributed by atoms with van der Waals surface area (Å²) in [5.74, 6) is -2.06. The van der Waals surface area contributed by atoms with E-state index in [-0.39, 0.29) is 17.8 Å². The van der Waals surface area contributed by atoms with E-state index in [9.17, 15) is 9.59 Å². The van der Waals surface area contributed by atoms with Crippen molar-refractivity contribution >= 4 is 11.9 Å². The Morgan fingerprint density at radius 1 is 1.28 bits per heavy atom. The van der Waals surface area contributed by atoms with Crippen LogP contribution in [0.3, 0.4) is 0 Å². The number of aliphatic hydroxyl groups excluding tert-OH is 2. The van der Waals surface area contributed by atoms with Crippen molar-refractivity contribution in [2.45, 2.75) is 32.8 Å². The summed E-state index contributed by atoms with van der Waals surface area (Å²) in [5, 5.41) is 33.6. The van der Waals surface area contributed by atoms with Crippen molar-refractivity contribution in [3.05, 3.63) is 23.8 Å². The smallest absolute Gasteiger partial charge is 0.333 e. The number of carboxylic acids is 2. The third-order valence-corrected chi connectivity index (χ3v) is 1.98. The lowest BCUT2D eigenvalue weighted by atomic mass is 10.1. The van der Waals surface area contributed by atoms with E-state index in [2.05, 4.69) is 6.58 Å². The van der Waals surface area contributed by atoms with Gasteiger partial charge in [-0.25, -0.2) is 9.59 Å². The van der Waals surface area contributed by atoms with E-state index >= 15 is 0 Å². The lowest BCUT2D eigenvalue weighted by molar-refractivity contribution is -0.134. The van der Waals surface area contributed by atoms with Crippen molar-refractivity contribution in [1.82, 2.24) is 0 Å². The summed E-state index contributed by atoms with van der Waals surface area (Å²) in [4.78, 5) is 20.1. The molecule has 0 aromatic carbocycles. The molecule has 0 spiro atoms. The quantitative estimate of drug-likeness (QED) is 0.525. The van der Waals surface area contributed by atoms with Gasteiger partial charge in [-0.2, -0.15) is 0 Å². The number of carboxylic acid groups (broad SMARTS) is 2. The molecule has 104 valence electrons. The first-order chi connectivity index (χ1) is 8.27. The molecule has 0 saturated heterocycles. The van der Waals surface area contributed by atoms with Gasteiger partial charge in [-0.1, -0.05) is 19.6 Å². The van der Waals surface area contributed by atoms with Crippen molar-refractivity contribution < 1.29 is 30.0 Å². The third-order valence-electron chi connectivity index (χ3n) is 1.98. The summed E-state index contributed by atoms with van der Waals surface area (Å²) < 4.78 is 0. The van der Waals surface area contributed by atoms with Gasteiger partial charge in [-0.3, -0.25) is 0 Å². The highest BCUT2D eigenvalue weighted by Gasteiger charge is 2.11. The maximum absolute atomic E-state index is 10.1. The molecule has 18 heavy (non-hydrogen) atoms. The van der Waals surface area contributed by atoms with Crippen LogP contribution in [0.1, 0.15) is 26.7 Å². The second-order valence-corrected chi connectivity index (χ2v) is 3.46.